The van der Waals surface area contributed by atoms with Gasteiger partial charge in [0.05, 0.1) is 18.1 Å². The lowest BCUT2D eigenvalue weighted by Crippen LogP contribution is -2.48. The summed E-state index contributed by atoms with van der Waals surface area (Å²) in [5.74, 6) is 0.918. The van der Waals surface area contributed by atoms with E-state index in [-0.39, 0.29) is 17.5 Å². The van der Waals surface area contributed by atoms with E-state index in [2.05, 4.69) is 0 Å². The Hall–Kier alpha value is -0.570. The Morgan fingerprint density at radius 3 is 1.85 bits per heavy atom. The van der Waals surface area contributed by atoms with E-state index in [9.17, 15) is 4.79 Å². The van der Waals surface area contributed by atoms with Crippen LogP contribution in [0, 0.1) is 17.3 Å². The van der Waals surface area contributed by atoms with Crippen molar-refractivity contribution in [1.82, 2.24) is 0 Å². The minimum atomic E-state index is -0.383. The molecule has 0 N–H and O–H groups in total. The highest BCUT2D eigenvalue weighted by Crippen LogP contribution is 2.51. The van der Waals surface area contributed by atoms with Gasteiger partial charge in [0, 0.05) is 7.11 Å². The summed E-state index contributed by atoms with van der Waals surface area (Å²) in [5, 5.41) is 0. The smallest absolute Gasteiger partial charge is 0.315 e. The second-order valence-electron chi connectivity index (χ2n) is 6.89. The molecule has 2 aliphatic carbocycles. The Labute approximate surface area is 123 Å². The topological polar surface area (TPSA) is 35.5 Å². The fourth-order valence-corrected chi connectivity index (χ4v) is 4.41. The number of hydrogen-bond donors (Lipinski definition) is 0. The van der Waals surface area contributed by atoms with Gasteiger partial charge in [0.1, 0.15) is 0 Å². The summed E-state index contributed by atoms with van der Waals surface area (Å²) in [7, 11) is 1.72. The van der Waals surface area contributed by atoms with E-state index >= 15 is 0 Å². The van der Waals surface area contributed by atoms with Crippen LogP contribution in [0.1, 0.15) is 65.2 Å². The normalized spacial score (nSPS) is 21.8. The van der Waals surface area contributed by atoms with Gasteiger partial charge in [-0.05, 0) is 51.4 Å². The van der Waals surface area contributed by atoms with Crippen molar-refractivity contribution >= 4 is 5.97 Å². The van der Waals surface area contributed by atoms with E-state index in [0.717, 1.165) is 25.7 Å². The van der Waals surface area contributed by atoms with Gasteiger partial charge in [0.15, 0.2) is 0 Å². The van der Waals surface area contributed by atoms with Gasteiger partial charge >= 0.3 is 5.97 Å². The van der Waals surface area contributed by atoms with Crippen LogP contribution in [0.25, 0.3) is 0 Å². The highest BCUT2D eigenvalue weighted by Gasteiger charge is 2.53. The number of hydrogen-bond acceptors (Lipinski definition) is 3. The molecule has 2 rings (SSSR count). The first kappa shape index (κ1) is 15.8. The first-order valence-electron chi connectivity index (χ1n) is 8.31. The molecular weight excluding hydrogens is 252 g/mol. The SMILES string of the molecule is COCC(C(=O)OC(C)C)(C1CCCC1)C1CCCC1. The lowest BCUT2D eigenvalue weighted by molar-refractivity contribution is -0.174. The van der Waals surface area contributed by atoms with E-state index in [0.29, 0.717) is 18.4 Å². The number of methoxy groups -OCH3 is 1. The van der Waals surface area contributed by atoms with Crippen LogP contribution < -0.4 is 0 Å². The van der Waals surface area contributed by atoms with Gasteiger partial charge < -0.3 is 9.47 Å². The van der Waals surface area contributed by atoms with E-state index in [1.54, 1.807) is 7.11 Å². The summed E-state index contributed by atoms with van der Waals surface area (Å²) in [5.41, 5.74) is -0.383. The zero-order chi connectivity index (χ0) is 14.6. The number of esters is 1. The first-order valence-corrected chi connectivity index (χ1v) is 8.31. The monoisotopic (exact) mass is 282 g/mol. The molecule has 2 fully saturated rings. The predicted octanol–water partition coefficient (Wildman–Crippen LogP) is 3.95. The largest absolute Gasteiger partial charge is 0.462 e. The Morgan fingerprint density at radius 1 is 1.05 bits per heavy atom. The molecule has 0 saturated heterocycles. The quantitative estimate of drug-likeness (QED) is 0.692. The second-order valence-corrected chi connectivity index (χ2v) is 6.89. The van der Waals surface area contributed by atoms with Crippen molar-refractivity contribution < 1.29 is 14.3 Å². The predicted molar refractivity (Wildman–Crippen MR) is 79.5 cm³/mol. The van der Waals surface area contributed by atoms with Crippen LogP contribution in [-0.4, -0.2) is 25.8 Å². The van der Waals surface area contributed by atoms with Crippen molar-refractivity contribution in [3.05, 3.63) is 0 Å². The molecule has 0 bridgehead atoms. The number of rotatable bonds is 6. The third-order valence-electron chi connectivity index (χ3n) is 5.27. The van der Waals surface area contributed by atoms with Crippen molar-refractivity contribution in [2.45, 2.75) is 71.3 Å². The molecule has 2 saturated carbocycles. The highest BCUT2D eigenvalue weighted by atomic mass is 16.5. The van der Waals surface area contributed by atoms with Gasteiger partial charge in [-0.3, -0.25) is 4.79 Å². The fraction of sp³-hybridized carbons (Fsp3) is 0.941. The maximum Gasteiger partial charge on any atom is 0.315 e. The standard InChI is InChI=1S/C17H30O3/c1-13(2)20-16(18)17(12-19-3,14-8-4-5-9-14)15-10-6-7-11-15/h13-15H,4-12H2,1-3H3. The summed E-state index contributed by atoms with van der Waals surface area (Å²) in [6.45, 7) is 4.42. The lowest BCUT2D eigenvalue weighted by atomic mass is 9.65. The molecule has 116 valence electrons. The van der Waals surface area contributed by atoms with Crippen molar-refractivity contribution in [3.63, 3.8) is 0 Å². The highest BCUT2D eigenvalue weighted by molar-refractivity contribution is 5.78. The molecule has 0 spiro atoms. The molecule has 0 aromatic rings. The summed E-state index contributed by atoms with van der Waals surface area (Å²) in [6, 6.07) is 0. The molecule has 3 heteroatoms. The van der Waals surface area contributed by atoms with E-state index in [1.807, 2.05) is 13.8 Å². The fourth-order valence-electron chi connectivity index (χ4n) is 4.41. The Bertz CT molecular complexity index is 296. The zero-order valence-electron chi connectivity index (χ0n) is 13.3. The average Bonchev–Trinajstić information content (AvgIpc) is 3.08. The van der Waals surface area contributed by atoms with Crippen molar-refractivity contribution in [2.24, 2.45) is 17.3 Å². The molecule has 0 aromatic carbocycles. The third-order valence-corrected chi connectivity index (χ3v) is 5.27. The van der Waals surface area contributed by atoms with Crippen LogP contribution in [0.2, 0.25) is 0 Å². The van der Waals surface area contributed by atoms with Gasteiger partial charge in [-0.2, -0.15) is 0 Å². The van der Waals surface area contributed by atoms with Gasteiger partial charge in [-0.25, -0.2) is 0 Å². The van der Waals surface area contributed by atoms with Crippen LogP contribution in [-0.2, 0) is 14.3 Å². The molecule has 0 unspecified atom stereocenters. The zero-order valence-corrected chi connectivity index (χ0v) is 13.3. The molecule has 0 atom stereocenters. The maximum atomic E-state index is 12.9. The maximum absolute atomic E-state index is 12.9. The Balaban J connectivity index is 2.28. The third kappa shape index (κ3) is 3.03. The molecule has 20 heavy (non-hydrogen) atoms. The van der Waals surface area contributed by atoms with Gasteiger partial charge in [-0.15, -0.1) is 0 Å². The van der Waals surface area contributed by atoms with E-state index < -0.39 is 0 Å². The second kappa shape index (κ2) is 6.93. The number of carbonyl (C=O) groups excluding carboxylic acids is 1. The van der Waals surface area contributed by atoms with Crippen LogP contribution in [0.15, 0.2) is 0 Å². The number of carbonyl (C=O) groups is 1. The lowest BCUT2D eigenvalue weighted by Gasteiger charge is -2.41. The minimum Gasteiger partial charge on any atom is -0.462 e. The van der Waals surface area contributed by atoms with Gasteiger partial charge in [-0.1, -0.05) is 25.7 Å². The summed E-state index contributed by atoms with van der Waals surface area (Å²) in [6.07, 6.45) is 9.59. The van der Waals surface area contributed by atoms with Crippen LogP contribution in [0.5, 0.6) is 0 Å². The molecule has 2 aliphatic rings. The van der Waals surface area contributed by atoms with Gasteiger partial charge in [0.25, 0.3) is 0 Å². The Morgan fingerprint density at radius 2 is 1.50 bits per heavy atom. The van der Waals surface area contributed by atoms with Crippen molar-refractivity contribution in [1.29, 1.82) is 0 Å². The molecule has 0 amide bonds. The number of ether oxygens (including phenoxy) is 2. The van der Waals surface area contributed by atoms with Crippen molar-refractivity contribution in [3.8, 4) is 0 Å². The molecule has 0 aliphatic heterocycles. The summed E-state index contributed by atoms with van der Waals surface area (Å²) >= 11 is 0. The molecule has 0 radical (unpaired) electrons. The minimum absolute atomic E-state index is 0.00755. The van der Waals surface area contributed by atoms with Crippen molar-refractivity contribution in [2.75, 3.05) is 13.7 Å². The van der Waals surface area contributed by atoms with Crippen LogP contribution in [0.4, 0.5) is 0 Å². The van der Waals surface area contributed by atoms with E-state index in [1.165, 1.54) is 25.7 Å². The van der Waals surface area contributed by atoms with E-state index in [4.69, 9.17) is 9.47 Å². The Kier molecular flexibility index (Phi) is 5.48. The molecule has 0 heterocycles. The average molecular weight is 282 g/mol. The summed E-state index contributed by atoms with van der Waals surface area (Å²) in [4.78, 5) is 12.9. The summed E-state index contributed by atoms with van der Waals surface area (Å²) < 4.78 is 11.2. The molecule has 0 aromatic heterocycles. The van der Waals surface area contributed by atoms with Crippen LogP contribution >= 0.6 is 0 Å². The first-order chi connectivity index (χ1) is 9.61. The van der Waals surface area contributed by atoms with Gasteiger partial charge in [0.2, 0.25) is 0 Å². The van der Waals surface area contributed by atoms with Crippen LogP contribution in [0.3, 0.4) is 0 Å². The molecule has 3 nitrogen and oxygen atoms in total. The molecular formula is C17H30O3.